The van der Waals surface area contributed by atoms with Crippen LogP contribution in [0.2, 0.25) is 0 Å². The van der Waals surface area contributed by atoms with Crippen LogP contribution in [0.1, 0.15) is 22.3 Å². The SMILES string of the molecule is NC(=O)CCc1cccc(C(=O)O)c1. The first-order valence-corrected chi connectivity index (χ1v) is 4.20. The molecule has 0 fully saturated rings. The highest BCUT2D eigenvalue weighted by Gasteiger charge is 2.03. The van der Waals surface area contributed by atoms with E-state index in [2.05, 4.69) is 0 Å². The third-order valence-corrected chi connectivity index (χ3v) is 1.83. The highest BCUT2D eigenvalue weighted by molar-refractivity contribution is 5.87. The molecule has 0 aliphatic heterocycles. The highest BCUT2D eigenvalue weighted by Crippen LogP contribution is 2.07. The van der Waals surface area contributed by atoms with Crippen molar-refractivity contribution >= 4 is 11.9 Å². The molecule has 1 aromatic carbocycles. The van der Waals surface area contributed by atoms with E-state index >= 15 is 0 Å². The van der Waals surface area contributed by atoms with E-state index in [0.717, 1.165) is 5.56 Å². The average molecular weight is 193 g/mol. The van der Waals surface area contributed by atoms with E-state index in [-0.39, 0.29) is 17.9 Å². The van der Waals surface area contributed by atoms with Crippen LogP contribution in [0.25, 0.3) is 0 Å². The van der Waals surface area contributed by atoms with Gasteiger partial charge in [0.1, 0.15) is 0 Å². The Morgan fingerprint density at radius 1 is 1.36 bits per heavy atom. The summed E-state index contributed by atoms with van der Waals surface area (Å²) in [5.74, 6) is -1.35. The Labute approximate surface area is 81.3 Å². The zero-order valence-electron chi connectivity index (χ0n) is 7.56. The maximum atomic E-state index is 10.6. The number of carboxylic acid groups (broad SMARTS) is 1. The summed E-state index contributed by atoms with van der Waals surface area (Å²) in [6, 6.07) is 6.48. The molecule has 0 atom stereocenters. The predicted octanol–water partition coefficient (Wildman–Crippen LogP) is 0.803. The summed E-state index contributed by atoms with van der Waals surface area (Å²) < 4.78 is 0. The zero-order valence-corrected chi connectivity index (χ0v) is 7.56. The molecule has 0 aromatic heterocycles. The number of hydrogen-bond donors (Lipinski definition) is 2. The van der Waals surface area contributed by atoms with Gasteiger partial charge in [0.2, 0.25) is 5.91 Å². The molecule has 4 nitrogen and oxygen atoms in total. The lowest BCUT2D eigenvalue weighted by Crippen LogP contribution is -2.11. The molecule has 0 spiro atoms. The van der Waals surface area contributed by atoms with E-state index in [1.807, 2.05) is 0 Å². The van der Waals surface area contributed by atoms with Gasteiger partial charge in [-0.05, 0) is 24.1 Å². The van der Waals surface area contributed by atoms with E-state index in [4.69, 9.17) is 10.8 Å². The minimum absolute atomic E-state index is 0.229. The molecule has 1 rings (SSSR count). The molecule has 0 bridgehead atoms. The molecule has 0 saturated carbocycles. The van der Waals surface area contributed by atoms with Crippen LogP contribution in [0.3, 0.4) is 0 Å². The molecule has 0 saturated heterocycles. The second-order valence-electron chi connectivity index (χ2n) is 2.97. The van der Waals surface area contributed by atoms with Gasteiger partial charge in [-0.1, -0.05) is 12.1 Å². The third kappa shape index (κ3) is 2.90. The second kappa shape index (κ2) is 4.41. The molecular weight excluding hydrogens is 182 g/mol. The quantitative estimate of drug-likeness (QED) is 0.742. The van der Waals surface area contributed by atoms with E-state index in [1.54, 1.807) is 18.2 Å². The van der Waals surface area contributed by atoms with Crippen LogP contribution in [-0.2, 0) is 11.2 Å². The molecule has 14 heavy (non-hydrogen) atoms. The number of benzene rings is 1. The molecule has 0 aliphatic carbocycles. The van der Waals surface area contributed by atoms with Gasteiger partial charge >= 0.3 is 5.97 Å². The Bertz CT molecular complexity index is 360. The summed E-state index contributed by atoms with van der Waals surface area (Å²) in [5.41, 5.74) is 6.02. The number of carbonyl (C=O) groups is 2. The van der Waals surface area contributed by atoms with Crippen molar-refractivity contribution in [2.45, 2.75) is 12.8 Å². The van der Waals surface area contributed by atoms with Crippen molar-refractivity contribution in [1.82, 2.24) is 0 Å². The average Bonchev–Trinajstić information content (AvgIpc) is 2.15. The summed E-state index contributed by atoms with van der Waals surface area (Å²) in [7, 11) is 0. The lowest BCUT2D eigenvalue weighted by atomic mass is 10.1. The highest BCUT2D eigenvalue weighted by atomic mass is 16.4. The Morgan fingerprint density at radius 2 is 2.07 bits per heavy atom. The summed E-state index contributed by atoms with van der Waals surface area (Å²) in [4.78, 5) is 21.1. The Kier molecular flexibility index (Phi) is 3.23. The molecule has 0 radical (unpaired) electrons. The van der Waals surface area contributed by atoms with Crippen molar-refractivity contribution in [1.29, 1.82) is 0 Å². The first kappa shape index (κ1) is 10.2. The third-order valence-electron chi connectivity index (χ3n) is 1.83. The first-order valence-electron chi connectivity index (χ1n) is 4.20. The van der Waals surface area contributed by atoms with Gasteiger partial charge in [-0.2, -0.15) is 0 Å². The van der Waals surface area contributed by atoms with Gasteiger partial charge in [-0.25, -0.2) is 4.79 Å². The molecule has 4 heteroatoms. The van der Waals surface area contributed by atoms with E-state index in [0.29, 0.717) is 6.42 Å². The van der Waals surface area contributed by atoms with Crippen LogP contribution < -0.4 is 5.73 Å². The van der Waals surface area contributed by atoms with Crippen LogP contribution in [0.15, 0.2) is 24.3 Å². The van der Waals surface area contributed by atoms with Crippen LogP contribution >= 0.6 is 0 Å². The van der Waals surface area contributed by atoms with Crippen molar-refractivity contribution in [2.75, 3.05) is 0 Å². The summed E-state index contributed by atoms with van der Waals surface area (Å²) in [6.45, 7) is 0. The smallest absolute Gasteiger partial charge is 0.335 e. The number of nitrogens with two attached hydrogens (primary N) is 1. The zero-order chi connectivity index (χ0) is 10.6. The largest absolute Gasteiger partial charge is 0.478 e. The topological polar surface area (TPSA) is 80.4 Å². The van der Waals surface area contributed by atoms with Gasteiger partial charge in [-0.3, -0.25) is 4.79 Å². The van der Waals surface area contributed by atoms with Crippen molar-refractivity contribution in [3.05, 3.63) is 35.4 Å². The maximum absolute atomic E-state index is 10.6. The number of rotatable bonds is 4. The van der Waals surface area contributed by atoms with Crippen LogP contribution in [0.5, 0.6) is 0 Å². The Hall–Kier alpha value is -1.84. The van der Waals surface area contributed by atoms with Crippen LogP contribution in [0, 0.1) is 0 Å². The number of amides is 1. The van der Waals surface area contributed by atoms with Gasteiger partial charge in [0.25, 0.3) is 0 Å². The molecule has 1 amide bonds. The number of carbonyl (C=O) groups excluding carboxylic acids is 1. The summed E-state index contributed by atoms with van der Waals surface area (Å²) in [6.07, 6.45) is 0.722. The normalized spacial score (nSPS) is 9.71. The molecule has 1 aromatic rings. The minimum Gasteiger partial charge on any atom is -0.478 e. The van der Waals surface area contributed by atoms with E-state index < -0.39 is 5.97 Å². The maximum Gasteiger partial charge on any atom is 0.335 e. The number of carboxylic acids is 1. The van der Waals surface area contributed by atoms with Crippen LogP contribution in [-0.4, -0.2) is 17.0 Å². The predicted molar refractivity (Wildman–Crippen MR) is 50.9 cm³/mol. The minimum atomic E-state index is -0.967. The molecule has 0 heterocycles. The fraction of sp³-hybridized carbons (Fsp3) is 0.200. The molecular formula is C10H11NO3. The van der Waals surface area contributed by atoms with Crippen molar-refractivity contribution in [3.63, 3.8) is 0 Å². The summed E-state index contributed by atoms with van der Waals surface area (Å²) in [5, 5.41) is 8.70. The number of primary amides is 1. The number of aromatic carboxylic acids is 1. The fourth-order valence-corrected chi connectivity index (χ4v) is 1.13. The summed E-state index contributed by atoms with van der Waals surface area (Å²) >= 11 is 0. The molecule has 3 N–H and O–H groups in total. The van der Waals surface area contributed by atoms with E-state index in [9.17, 15) is 9.59 Å². The van der Waals surface area contributed by atoms with Gasteiger partial charge in [0.05, 0.1) is 5.56 Å². The van der Waals surface area contributed by atoms with E-state index in [1.165, 1.54) is 6.07 Å². The van der Waals surface area contributed by atoms with Gasteiger partial charge < -0.3 is 10.8 Å². The van der Waals surface area contributed by atoms with Gasteiger partial charge in [0.15, 0.2) is 0 Å². The van der Waals surface area contributed by atoms with Crippen molar-refractivity contribution in [3.8, 4) is 0 Å². The second-order valence-corrected chi connectivity index (χ2v) is 2.97. The lowest BCUT2D eigenvalue weighted by Gasteiger charge is -2.00. The first-order chi connectivity index (χ1) is 6.59. The molecule has 0 unspecified atom stereocenters. The monoisotopic (exact) mass is 193 g/mol. The van der Waals surface area contributed by atoms with Crippen LogP contribution in [0.4, 0.5) is 0 Å². The van der Waals surface area contributed by atoms with Gasteiger partial charge in [0, 0.05) is 6.42 Å². The Balaban J connectivity index is 2.73. The van der Waals surface area contributed by atoms with Gasteiger partial charge in [-0.15, -0.1) is 0 Å². The lowest BCUT2D eigenvalue weighted by molar-refractivity contribution is -0.117. The molecule has 74 valence electrons. The molecule has 0 aliphatic rings. The number of aryl methyl sites for hydroxylation is 1. The Morgan fingerprint density at radius 3 is 2.64 bits per heavy atom. The number of hydrogen-bond acceptors (Lipinski definition) is 2. The van der Waals surface area contributed by atoms with Crippen molar-refractivity contribution in [2.24, 2.45) is 5.73 Å². The van der Waals surface area contributed by atoms with Crippen molar-refractivity contribution < 1.29 is 14.7 Å². The fourth-order valence-electron chi connectivity index (χ4n) is 1.13. The standard InChI is InChI=1S/C10H11NO3/c11-9(12)5-4-7-2-1-3-8(6-7)10(13)14/h1-3,6H,4-5H2,(H2,11,12)(H,13,14).